The van der Waals surface area contributed by atoms with E-state index in [2.05, 4.69) is 15.9 Å². The first-order chi connectivity index (χ1) is 9.49. The zero-order valence-electron chi connectivity index (χ0n) is 10.8. The third-order valence-electron chi connectivity index (χ3n) is 3.21. The first kappa shape index (κ1) is 14.7. The number of amides is 1. The van der Waals surface area contributed by atoms with E-state index in [1.165, 1.54) is 30.0 Å². The topological polar surface area (TPSA) is 57.6 Å². The minimum absolute atomic E-state index is 0.0546. The second-order valence-electron chi connectivity index (χ2n) is 4.43. The van der Waals surface area contributed by atoms with Crippen LogP contribution < -0.4 is 0 Å². The summed E-state index contributed by atoms with van der Waals surface area (Å²) in [6.45, 7) is 1.52. The van der Waals surface area contributed by atoms with E-state index in [4.69, 9.17) is 0 Å². The predicted octanol–water partition coefficient (Wildman–Crippen LogP) is 2.51. The van der Waals surface area contributed by atoms with Crippen LogP contribution in [0.25, 0.3) is 0 Å². The Bertz CT molecular complexity index is 600. The van der Waals surface area contributed by atoms with E-state index in [0.717, 1.165) is 0 Å². The van der Waals surface area contributed by atoms with Gasteiger partial charge in [-0.2, -0.15) is 0 Å². The van der Waals surface area contributed by atoms with E-state index in [0.29, 0.717) is 5.33 Å². The summed E-state index contributed by atoms with van der Waals surface area (Å²) in [5.41, 5.74) is 0.150. The zero-order chi connectivity index (χ0) is 14.9. The third-order valence-corrected chi connectivity index (χ3v) is 3.56. The number of carbonyl (C=O) groups excluding carboxylic acids is 2. The molecule has 1 aromatic rings. The summed E-state index contributed by atoms with van der Waals surface area (Å²) in [7, 11) is 0. The smallest absolute Gasteiger partial charge is 0.290 e. The Morgan fingerprint density at radius 1 is 1.45 bits per heavy atom. The molecule has 0 bridgehead atoms. The highest BCUT2D eigenvalue weighted by Crippen LogP contribution is 2.38. The monoisotopic (exact) mass is 341 g/mol. The number of aliphatic hydroxyl groups is 1. The van der Waals surface area contributed by atoms with Crippen LogP contribution in [0, 0.1) is 5.82 Å². The quantitative estimate of drug-likeness (QED) is 0.856. The van der Waals surface area contributed by atoms with Gasteiger partial charge in [-0.15, -0.1) is 0 Å². The maximum Gasteiger partial charge on any atom is 0.290 e. The number of hydrogen-bond donors (Lipinski definition) is 1. The molecule has 0 spiro atoms. The van der Waals surface area contributed by atoms with Crippen LogP contribution in [0.15, 0.2) is 35.6 Å². The maximum absolute atomic E-state index is 14.0. The van der Waals surface area contributed by atoms with Crippen LogP contribution >= 0.6 is 15.9 Å². The molecule has 0 saturated carbocycles. The van der Waals surface area contributed by atoms with Crippen molar-refractivity contribution in [3.63, 3.8) is 0 Å². The fourth-order valence-electron chi connectivity index (χ4n) is 2.36. The third kappa shape index (κ3) is 2.35. The molecule has 0 aromatic heterocycles. The molecule has 0 unspecified atom stereocenters. The number of rotatable bonds is 4. The molecule has 1 heterocycles. The number of ketones is 1. The molecule has 1 aliphatic heterocycles. The van der Waals surface area contributed by atoms with Crippen LogP contribution in [-0.4, -0.2) is 33.6 Å². The Balaban J connectivity index is 2.58. The van der Waals surface area contributed by atoms with Gasteiger partial charge < -0.3 is 10.0 Å². The Kier molecular flexibility index (Phi) is 4.23. The second-order valence-corrected chi connectivity index (χ2v) is 5.22. The summed E-state index contributed by atoms with van der Waals surface area (Å²) >= 11 is 3.21. The molecule has 0 radical (unpaired) electrons. The van der Waals surface area contributed by atoms with Crippen molar-refractivity contribution in [3.8, 4) is 0 Å². The van der Waals surface area contributed by atoms with Gasteiger partial charge in [-0.3, -0.25) is 9.59 Å². The molecule has 1 atom stereocenters. The molecule has 20 heavy (non-hydrogen) atoms. The van der Waals surface area contributed by atoms with Crippen molar-refractivity contribution in [3.05, 3.63) is 47.0 Å². The summed E-state index contributed by atoms with van der Waals surface area (Å²) in [5.74, 6) is -2.20. The number of Topliss-reactive ketones (excluding diaryl/α,β-unsaturated/α-hetero) is 1. The SMILES string of the molecule is CC(=O)C1=C(O)C(=O)N(CCBr)[C@H]1c1ccccc1F. The van der Waals surface area contributed by atoms with Crippen LogP contribution in [-0.2, 0) is 9.59 Å². The summed E-state index contributed by atoms with van der Waals surface area (Å²) < 4.78 is 14.0. The van der Waals surface area contributed by atoms with Gasteiger partial charge in [-0.25, -0.2) is 4.39 Å². The number of alkyl halides is 1. The highest BCUT2D eigenvalue weighted by molar-refractivity contribution is 9.09. The highest BCUT2D eigenvalue weighted by Gasteiger charge is 2.42. The number of benzene rings is 1. The lowest BCUT2D eigenvalue weighted by Gasteiger charge is -2.26. The Labute approximate surface area is 124 Å². The van der Waals surface area contributed by atoms with Crippen molar-refractivity contribution in [1.82, 2.24) is 4.90 Å². The number of hydrogen-bond acceptors (Lipinski definition) is 3. The van der Waals surface area contributed by atoms with Crippen LogP contribution in [0.4, 0.5) is 4.39 Å². The Morgan fingerprint density at radius 2 is 2.10 bits per heavy atom. The molecule has 0 saturated heterocycles. The largest absolute Gasteiger partial charge is 0.503 e. The fraction of sp³-hybridized carbons (Fsp3) is 0.286. The van der Waals surface area contributed by atoms with E-state index in [1.807, 2.05) is 0 Å². The molecule has 6 heteroatoms. The normalized spacial score (nSPS) is 18.9. The number of carbonyl (C=O) groups is 2. The van der Waals surface area contributed by atoms with Gasteiger partial charge in [0.25, 0.3) is 5.91 Å². The summed E-state index contributed by atoms with van der Waals surface area (Å²) in [5, 5.41) is 10.3. The van der Waals surface area contributed by atoms with E-state index in [-0.39, 0.29) is 17.7 Å². The molecule has 1 aromatic carbocycles. The second kappa shape index (κ2) is 5.75. The van der Waals surface area contributed by atoms with Crippen molar-refractivity contribution in [2.45, 2.75) is 13.0 Å². The maximum atomic E-state index is 14.0. The first-order valence-corrected chi connectivity index (χ1v) is 7.16. The van der Waals surface area contributed by atoms with E-state index < -0.39 is 29.3 Å². The van der Waals surface area contributed by atoms with Gasteiger partial charge in [0, 0.05) is 17.4 Å². The molecule has 1 N–H and O–H groups in total. The standard InChI is InChI=1S/C14H13BrFNO3/c1-8(18)11-12(9-4-2-3-5-10(9)16)17(7-6-15)14(20)13(11)19/h2-5,12,19H,6-7H2,1H3/t12-/m0/s1. The molecule has 2 rings (SSSR count). The van der Waals surface area contributed by atoms with E-state index in [9.17, 15) is 19.1 Å². The van der Waals surface area contributed by atoms with Gasteiger partial charge in [0.2, 0.25) is 0 Å². The molecule has 0 aliphatic carbocycles. The molecular weight excluding hydrogens is 329 g/mol. The molecular formula is C14H13BrFNO3. The van der Waals surface area contributed by atoms with E-state index >= 15 is 0 Å². The van der Waals surface area contributed by atoms with Crippen molar-refractivity contribution >= 4 is 27.6 Å². The van der Waals surface area contributed by atoms with Crippen LogP contribution in [0.1, 0.15) is 18.5 Å². The summed E-state index contributed by atoms with van der Waals surface area (Å²) in [6, 6.07) is 5.05. The lowest BCUT2D eigenvalue weighted by atomic mass is 9.96. The summed E-state index contributed by atoms with van der Waals surface area (Å²) in [6.07, 6.45) is 0. The lowest BCUT2D eigenvalue weighted by molar-refractivity contribution is -0.129. The number of aliphatic hydroxyl groups excluding tert-OH is 1. The highest BCUT2D eigenvalue weighted by atomic mass is 79.9. The van der Waals surface area contributed by atoms with Crippen LogP contribution in [0.3, 0.4) is 0 Å². The molecule has 1 aliphatic rings. The molecule has 1 amide bonds. The molecule has 4 nitrogen and oxygen atoms in total. The average molecular weight is 342 g/mol. The van der Waals surface area contributed by atoms with Gasteiger partial charge in [0.15, 0.2) is 11.5 Å². The minimum Gasteiger partial charge on any atom is -0.503 e. The van der Waals surface area contributed by atoms with Crippen molar-refractivity contribution < 1.29 is 19.1 Å². The van der Waals surface area contributed by atoms with Crippen molar-refractivity contribution in [1.29, 1.82) is 0 Å². The van der Waals surface area contributed by atoms with Crippen LogP contribution in [0.2, 0.25) is 0 Å². The Morgan fingerprint density at radius 3 is 2.65 bits per heavy atom. The van der Waals surface area contributed by atoms with Gasteiger partial charge in [-0.05, 0) is 13.0 Å². The minimum atomic E-state index is -0.876. The number of nitrogens with zero attached hydrogens (tertiary/aromatic N) is 1. The van der Waals surface area contributed by atoms with Crippen LogP contribution in [0.5, 0.6) is 0 Å². The van der Waals surface area contributed by atoms with Crippen molar-refractivity contribution in [2.75, 3.05) is 11.9 Å². The Hall–Kier alpha value is -1.69. The van der Waals surface area contributed by atoms with Gasteiger partial charge in [-0.1, -0.05) is 34.1 Å². The number of halogens is 2. The first-order valence-electron chi connectivity index (χ1n) is 6.04. The lowest BCUT2D eigenvalue weighted by Crippen LogP contribution is -2.33. The zero-order valence-corrected chi connectivity index (χ0v) is 12.4. The average Bonchev–Trinajstić information content (AvgIpc) is 2.65. The molecule has 0 fully saturated rings. The van der Waals surface area contributed by atoms with E-state index in [1.54, 1.807) is 6.07 Å². The predicted molar refractivity (Wildman–Crippen MR) is 75.0 cm³/mol. The molecule has 106 valence electrons. The van der Waals surface area contributed by atoms with Gasteiger partial charge >= 0.3 is 0 Å². The van der Waals surface area contributed by atoms with Gasteiger partial charge in [0.1, 0.15) is 5.82 Å². The van der Waals surface area contributed by atoms with Crippen molar-refractivity contribution in [2.24, 2.45) is 0 Å². The summed E-state index contributed by atoms with van der Waals surface area (Å²) in [4.78, 5) is 25.0. The van der Waals surface area contributed by atoms with Gasteiger partial charge in [0.05, 0.1) is 11.6 Å². The fourth-order valence-corrected chi connectivity index (χ4v) is 2.74.